The van der Waals surface area contributed by atoms with Gasteiger partial charge in [0.05, 0.1) is 22.4 Å². The Hall–Kier alpha value is -2.71. The highest BCUT2D eigenvalue weighted by atomic mass is 32.2. The zero-order chi connectivity index (χ0) is 22.0. The summed E-state index contributed by atoms with van der Waals surface area (Å²) in [6.07, 6.45) is 1.31. The lowest BCUT2D eigenvalue weighted by atomic mass is 10.00. The molecule has 0 fully saturated rings. The van der Waals surface area contributed by atoms with Crippen LogP contribution in [0.5, 0.6) is 0 Å². The number of hydrazone groups is 1. The number of hydrogen-bond donors (Lipinski definition) is 1. The fourth-order valence-corrected chi connectivity index (χ4v) is 5.13. The second kappa shape index (κ2) is 9.20. The molecule has 4 rings (SSSR count). The third kappa shape index (κ3) is 4.65. The number of hydrogen-bond acceptors (Lipinski definition) is 6. The number of carbonyl (C=O) groups is 1. The van der Waals surface area contributed by atoms with Crippen molar-refractivity contribution in [1.29, 1.82) is 0 Å². The third-order valence-electron chi connectivity index (χ3n) is 5.32. The molecule has 0 saturated carbocycles. The van der Waals surface area contributed by atoms with Gasteiger partial charge >= 0.3 is 0 Å². The minimum absolute atomic E-state index is 0.109. The zero-order valence-electron chi connectivity index (χ0n) is 17.7. The largest absolute Gasteiger partial charge is 0.301 e. The summed E-state index contributed by atoms with van der Waals surface area (Å²) in [5.41, 5.74) is 4.41. The maximum absolute atomic E-state index is 13.2. The molecule has 160 valence electrons. The van der Waals surface area contributed by atoms with Gasteiger partial charge < -0.3 is 4.98 Å². The van der Waals surface area contributed by atoms with Gasteiger partial charge in [0.2, 0.25) is 0 Å². The quantitative estimate of drug-likeness (QED) is 0.442. The number of aromatic nitrogens is 2. The van der Waals surface area contributed by atoms with Crippen molar-refractivity contribution in [2.45, 2.75) is 44.8 Å². The first kappa shape index (κ1) is 21.5. The number of nitrogens with zero attached hydrogens (tertiary/aromatic N) is 3. The summed E-state index contributed by atoms with van der Waals surface area (Å²) in [4.78, 5) is 33.7. The Labute approximate surface area is 189 Å². The highest BCUT2D eigenvalue weighted by molar-refractivity contribution is 7.99. The van der Waals surface area contributed by atoms with Gasteiger partial charge in [0, 0.05) is 17.7 Å². The maximum Gasteiger partial charge on any atom is 0.254 e. The van der Waals surface area contributed by atoms with E-state index in [1.807, 2.05) is 38.3 Å². The number of thioether (sulfide) groups is 1. The van der Waals surface area contributed by atoms with E-state index in [4.69, 9.17) is 5.10 Å². The van der Waals surface area contributed by atoms with Gasteiger partial charge in [-0.05, 0) is 37.3 Å². The van der Waals surface area contributed by atoms with Crippen LogP contribution in [0.1, 0.15) is 46.6 Å². The van der Waals surface area contributed by atoms with Crippen molar-refractivity contribution in [1.82, 2.24) is 15.0 Å². The Morgan fingerprint density at radius 1 is 1.26 bits per heavy atom. The minimum atomic E-state index is -0.137. The molecule has 1 unspecified atom stereocenters. The summed E-state index contributed by atoms with van der Waals surface area (Å²) < 4.78 is 0. The average molecular weight is 453 g/mol. The number of amides is 1. The first-order valence-corrected chi connectivity index (χ1v) is 12.1. The lowest BCUT2D eigenvalue weighted by Crippen LogP contribution is -2.29. The van der Waals surface area contributed by atoms with Crippen LogP contribution in [0.4, 0.5) is 0 Å². The molecule has 0 radical (unpaired) electrons. The molecule has 1 amide bonds. The van der Waals surface area contributed by atoms with E-state index in [2.05, 4.69) is 34.2 Å². The van der Waals surface area contributed by atoms with E-state index in [1.54, 1.807) is 16.3 Å². The summed E-state index contributed by atoms with van der Waals surface area (Å²) >= 11 is 2.86. The highest BCUT2D eigenvalue weighted by Crippen LogP contribution is 2.34. The van der Waals surface area contributed by atoms with E-state index in [0.29, 0.717) is 29.3 Å². The standard InChI is InChI=1S/C23H24N4O2S2/c1-4-17-15(3)24-23(25-22(17)29)31-13-21(28)27-19(16-9-7-14(2)8-10-16)12-18(26-27)20-6-5-11-30-20/h5-11,19H,4,12-13H2,1-3H3,(H,24,25,29). The molecule has 1 aliphatic rings. The van der Waals surface area contributed by atoms with Crippen LogP contribution in [0, 0.1) is 13.8 Å². The monoisotopic (exact) mass is 452 g/mol. The second-order valence-corrected chi connectivity index (χ2v) is 9.38. The van der Waals surface area contributed by atoms with Crippen molar-refractivity contribution in [2.24, 2.45) is 5.10 Å². The van der Waals surface area contributed by atoms with Crippen LogP contribution < -0.4 is 5.56 Å². The first-order valence-electron chi connectivity index (χ1n) is 10.2. The van der Waals surface area contributed by atoms with Gasteiger partial charge in [-0.3, -0.25) is 9.59 Å². The van der Waals surface area contributed by atoms with Crippen LogP contribution in [-0.4, -0.2) is 32.3 Å². The van der Waals surface area contributed by atoms with Crippen LogP contribution in [0.3, 0.4) is 0 Å². The highest BCUT2D eigenvalue weighted by Gasteiger charge is 2.33. The Kier molecular flexibility index (Phi) is 6.38. The Balaban J connectivity index is 1.56. The van der Waals surface area contributed by atoms with E-state index in [1.165, 1.54) is 17.3 Å². The summed E-state index contributed by atoms with van der Waals surface area (Å²) in [5, 5.41) is 8.76. The molecule has 1 N–H and O–H groups in total. The molecule has 2 aromatic heterocycles. The van der Waals surface area contributed by atoms with Crippen LogP contribution in [0.25, 0.3) is 0 Å². The number of aryl methyl sites for hydroxylation is 2. The lowest BCUT2D eigenvalue weighted by molar-refractivity contribution is -0.130. The van der Waals surface area contributed by atoms with Crippen molar-refractivity contribution in [3.8, 4) is 0 Å². The van der Waals surface area contributed by atoms with Crippen LogP contribution >= 0.6 is 23.1 Å². The fourth-order valence-electron chi connectivity index (χ4n) is 3.65. The van der Waals surface area contributed by atoms with Crippen LogP contribution in [0.2, 0.25) is 0 Å². The van der Waals surface area contributed by atoms with Gasteiger partial charge in [-0.15, -0.1) is 11.3 Å². The molecule has 0 aliphatic carbocycles. The maximum atomic E-state index is 13.2. The normalized spacial score (nSPS) is 15.9. The molecule has 31 heavy (non-hydrogen) atoms. The molecular weight excluding hydrogens is 428 g/mol. The van der Waals surface area contributed by atoms with Crippen molar-refractivity contribution < 1.29 is 4.79 Å². The predicted molar refractivity (Wildman–Crippen MR) is 126 cm³/mol. The average Bonchev–Trinajstić information content (AvgIpc) is 3.42. The molecule has 0 spiro atoms. The molecule has 1 aromatic carbocycles. The number of benzene rings is 1. The summed E-state index contributed by atoms with van der Waals surface area (Å²) in [6.45, 7) is 5.80. The van der Waals surface area contributed by atoms with Gasteiger partial charge in [0.15, 0.2) is 5.16 Å². The van der Waals surface area contributed by atoms with Gasteiger partial charge in [0.1, 0.15) is 0 Å². The third-order valence-corrected chi connectivity index (χ3v) is 7.10. The number of nitrogens with one attached hydrogen (secondary N) is 1. The molecule has 0 saturated heterocycles. The SMILES string of the molecule is CCc1c(C)nc(SCC(=O)N2N=C(c3cccs3)CC2c2ccc(C)cc2)[nH]c1=O. The zero-order valence-corrected chi connectivity index (χ0v) is 19.3. The Bertz CT molecular complexity index is 1170. The smallest absolute Gasteiger partial charge is 0.254 e. The van der Waals surface area contributed by atoms with E-state index in [9.17, 15) is 9.59 Å². The van der Waals surface area contributed by atoms with Crippen molar-refractivity contribution >= 4 is 34.7 Å². The summed E-state index contributed by atoms with van der Waals surface area (Å²) in [5.74, 6) is 0.0410. The summed E-state index contributed by atoms with van der Waals surface area (Å²) in [7, 11) is 0. The molecular formula is C23H24N4O2S2. The lowest BCUT2D eigenvalue weighted by Gasteiger charge is -2.22. The van der Waals surface area contributed by atoms with Crippen molar-refractivity contribution in [3.05, 3.63) is 79.4 Å². The Morgan fingerprint density at radius 2 is 2.03 bits per heavy atom. The molecule has 3 aromatic rings. The number of carbonyl (C=O) groups excluding carboxylic acids is 1. The van der Waals surface area contributed by atoms with E-state index >= 15 is 0 Å². The molecule has 0 bridgehead atoms. The molecule has 6 nitrogen and oxygen atoms in total. The van der Waals surface area contributed by atoms with Gasteiger partial charge in [-0.25, -0.2) is 9.99 Å². The Morgan fingerprint density at radius 3 is 2.68 bits per heavy atom. The molecule has 1 aliphatic heterocycles. The second-order valence-electron chi connectivity index (χ2n) is 7.47. The molecule has 8 heteroatoms. The number of H-pyrrole nitrogens is 1. The molecule has 3 heterocycles. The predicted octanol–water partition coefficient (Wildman–Crippen LogP) is 4.48. The van der Waals surface area contributed by atoms with Gasteiger partial charge in [-0.1, -0.05) is 54.6 Å². The summed E-state index contributed by atoms with van der Waals surface area (Å²) in [6, 6.07) is 12.1. The number of rotatable bonds is 6. The minimum Gasteiger partial charge on any atom is -0.301 e. The number of aromatic amines is 1. The van der Waals surface area contributed by atoms with E-state index < -0.39 is 0 Å². The van der Waals surface area contributed by atoms with Gasteiger partial charge in [0.25, 0.3) is 11.5 Å². The molecule has 1 atom stereocenters. The van der Waals surface area contributed by atoms with E-state index in [0.717, 1.165) is 16.2 Å². The topological polar surface area (TPSA) is 78.4 Å². The van der Waals surface area contributed by atoms with Crippen LogP contribution in [-0.2, 0) is 11.2 Å². The van der Waals surface area contributed by atoms with E-state index in [-0.39, 0.29) is 23.3 Å². The van der Waals surface area contributed by atoms with Crippen molar-refractivity contribution in [2.75, 3.05) is 5.75 Å². The first-order chi connectivity index (χ1) is 15.0. The number of thiophene rings is 1. The van der Waals surface area contributed by atoms with Crippen molar-refractivity contribution in [3.63, 3.8) is 0 Å². The van der Waals surface area contributed by atoms with Gasteiger partial charge in [-0.2, -0.15) is 5.10 Å². The fraction of sp³-hybridized carbons (Fsp3) is 0.304. The van der Waals surface area contributed by atoms with Crippen LogP contribution in [0.15, 0.2) is 56.8 Å².